The van der Waals surface area contributed by atoms with Crippen LogP contribution in [0.1, 0.15) is 18.1 Å². The van der Waals surface area contributed by atoms with Gasteiger partial charge >= 0.3 is 0 Å². The smallest absolute Gasteiger partial charge is 0.238 e. The maximum absolute atomic E-state index is 11.9. The molecule has 0 heterocycles. The highest BCUT2D eigenvalue weighted by atomic mass is 32.2. The molecule has 0 aliphatic carbocycles. The van der Waals surface area contributed by atoms with Crippen molar-refractivity contribution in [3.05, 3.63) is 59.7 Å². The van der Waals surface area contributed by atoms with Gasteiger partial charge in [-0.2, -0.15) is 0 Å². The SMILES string of the molecule is Cc1cccc(-c2cccc(CNC(=O)C(C)S(C)(=O)=O)c2)c1. The monoisotopic (exact) mass is 331 g/mol. The molecule has 0 spiro atoms. The highest BCUT2D eigenvalue weighted by Gasteiger charge is 2.22. The van der Waals surface area contributed by atoms with Crippen LogP contribution in [0.3, 0.4) is 0 Å². The molecule has 0 bridgehead atoms. The first-order valence-electron chi connectivity index (χ1n) is 7.40. The lowest BCUT2D eigenvalue weighted by Gasteiger charge is -2.11. The fraction of sp³-hybridized carbons (Fsp3) is 0.278. The zero-order valence-corrected chi connectivity index (χ0v) is 14.4. The maximum atomic E-state index is 11.9. The lowest BCUT2D eigenvalue weighted by Crippen LogP contribution is -2.36. The predicted molar refractivity (Wildman–Crippen MR) is 92.8 cm³/mol. The Morgan fingerprint density at radius 2 is 1.70 bits per heavy atom. The molecule has 1 amide bonds. The summed E-state index contributed by atoms with van der Waals surface area (Å²) in [6.07, 6.45) is 1.07. The van der Waals surface area contributed by atoms with Gasteiger partial charge in [0.25, 0.3) is 0 Å². The standard InChI is InChI=1S/C18H21NO3S/c1-13-6-4-8-16(10-13)17-9-5-7-15(11-17)12-19-18(20)14(2)23(3,21)22/h4-11,14H,12H2,1-3H3,(H,19,20). The largest absolute Gasteiger partial charge is 0.351 e. The molecular formula is C18H21NO3S. The van der Waals surface area contributed by atoms with Crippen molar-refractivity contribution in [2.45, 2.75) is 25.6 Å². The molecule has 1 unspecified atom stereocenters. The number of carbonyl (C=O) groups is 1. The summed E-state index contributed by atoms with van der Waals surface area (Å²) in [5.41, 5.74) is 4.29. The summed E-state index contributed by atoms with van der Waals surface area (Å²) in [7, 11) is -3.37. The van der Waals surface area contributed by atoms with Crippen molar-refractivity contribution >= 4 is 15.7 Å². The van der Waals surface area contributed by atoms with Gasteiger partial charge in [-0.3, -0.25) is 4.79 Å². The Kier molecular flexibility index (Phi) is 5.21. The zero-order valence-electron chi connectivity index (χ0n) is 13.5. The highest BCUT2D eigenvalue weighted by Crippen LogP contribution is 2.21. The molecule has 0 aromatic heterocycles. The van der Waals surface area contributed by atoms with Crippen LogP contribution in [-0.4, -0.2) is 25.8 Å². The van der Waals surface area contributed by atoms with Crippen LogP contribution in [-0.2, 0) is 21.2 Å². The number of hydrogen-bond acceptors (Lipinski definition) is 3. The number of benzene rings is 2. The number of aryl methyl sites for hydroxylation is 1. The van der Waals surface area contributed by atoms with Crippen molar-refractivity contribution in [3.8, 4) is 11.1 Å². The minimum atomic E-state index is -3.37. The van der Waals surface area contributed by atoms with E-state index in [-0.39, 0.29) is 0 Å². The van der Waals surface area contributed by atoms with Gasteiger partial charge in [-0.25, -0.2) is 8.42 Å². The number of sulfone groups is 1. The van der Waals surface area contributed by atoms with Gasteiger partial charge in [-0.05, 0) is 36.6 Å². The average molecular weight is 331 g/mol. The van der Waals surface area contributed by atoms with Gasteiger partial charge in [0.05, 0.1) is 0 Å². The van der Waals surface area contributed by atoms with Crippen molar-refractivity contribution in [1.29, 1.82) is 0 Å². The van der Waals surface area contributed by atoms with Gasteiger partial charge in [0, 0.05) is 12.8 Å². The lowest BCUT2D eigenvalue weighted by molar-refractivity contribution is -0.120. The molecule has 0 fully saturated rings. The van der Waals surface area contributed by atoms with Crippen LogP contribution in [0, 0.1) is 6.92 Å². The Labute approximate surface area is 137 Å². The molecular weight excluding hydrogens is 310 g/mol. The van der Waals surface area contributed by atoms with Crippen molar-refractivity contribution in [2.24, 2.45) is 0 Å². The molecule has 4 nitrogen and oxygen atoms in total. The fourth-order valence-electron chi connectivity index (χ4n) is 2.21. The minimum Gasteiger partial charge on any atom is -0.351 e. The van der Waals surface area contributed by atoms with Crippen molar-refractivity contribution in [3.63, 3.8) is 0 Å². The summed E-state index contributed by atoms with van der Waals surface area (Å²) in [5, 5.41) is 1.64. The van der Waals surface area contributed by atoms with Crippen LogP contribution in [0.2, 0.25) is 0 Å². The Hall–Kier alpha value is -2.14. The minimum absolute atomic E-state index is 0.304. The molecule has 1 atom stereocenters. The van der Waals surface area contributed by atoms with Gasteiger partial charge in [-0.1, -0.05) is 48.0 Å². The van der Waals surface area contributed by atoms with Gasteiger partial charge in [0.2, 0.25) is 5.91 Å². The van der Waals surface area contributed by atoms with Crippen LogP contribution in [0.25, 0.3) is 11.1 Å². The van der Waals surface area contributed by atoms with E-state index in [0.29, 0.717) is 6.54 Å². The second-order valence-electron chi connectivity index (χ2n) is 5.76. The van der Waals surface area contributed by atoms with Gasteiger partial charge in [0.15, 0.2) is 9.84 Å². The quantitative estimate of drug-likeness (QED) is 0.916. The van der Waals surface area contributed by atoms with Crippen molar-refractivity contribution in [1.82, 2.24) is 5.32 Å². The molecule has 23 heavy (non-hydrogen) atoms. The molecule has 2 aromatic rings. The summed E-state index contributed by atoms with van der Waals surface area (Å²) < 4.78 is 22.8. The Bertz CT molecular complexity index is 813. The zero-order chi connectivity index (χ0) is 17.0. The summed E-state index contributed by atoms with van der Waals surface area (Å²) in [5.74, 6) is -0.478. The third kappa shape index (κ3) is 4.66. The molecule has 0 saturated heterocycles. The lowest BCUT2D eigenvalue weighted by atomic mass is 10.0. The molecule has 1 N–H and O–H groups in total. The Morgan fingerprint density at radius 3 is 2.30 bits per heavy atom. The topological polar surface area (TPSA) is 63.2 Å². The van der Waals surface area contributed by atoms with E-state index in [9.17, 15) is 13.2 Å². The summed E-state index contributed by atoms with van der Waals surface area (Å²) in [4.78, 5) is 11.9. The molecule has 5 heteroatoms. The Balaban J connectivity index is 2.11. The van der Waals surface area contributed by atoms with Crippen molar-refractivity contribution < 1.29 is 13.2 Å². The predicted octanol–water partition coefficient (Wildman–Crippen LogP) is 2.71. The van der Waals surface area contributed by atoms with Gasteiger partial charge in [-0.15, -0.1) is 0 Å². The second-order valence-corrected chi connectivity index (χ2v) is 8.13. The number of nitrogens with one attached hydrogen (secondary N) is 1. The van der Waals surface area contributed by atoms with E-state index < -0.39 is 21.0 Å². The number of carbonyl (C=O) groups excluding carboxylic acids is 1. The molecule has 0 radical (unpaired) electrons. The summed E-state index contributed by atoms with van der Waals surface area (Å²) >= 11 is 0. The van der Waals surface area contributed by atoms with E-state index >= 15 is 0 Å². The van der Waals surface area contributed by atoms with Crippen LogP contribution >= 0.6 is 0 Å². The molecule has 2 aromatic carbocycles. The third-order valence-corrected chi connectivity index (χ3v) is 5.26. The third-order valence-electron chi connectivity index (χ3n) is 3.76. The average Bonchev–Trinajstić information content (AvgIpc) is 2.51. The van der Waals surface area contributed by atoms with Crippen molar-refractivity contribution in [2.75, 3.05) is 6.26 Å². The van der Waals surface area contributed by atoms with E-state index in [1.807, 2.05) is 49.4 Å². The first-order chi connectivity index (χ1) is 10.8. The summed E-state index contributed by atoms with van der Waals surface area (Å²) in [6, 6.07) is 16.0. The van der Waals surface area contributed by atoms with E-state index in [4.69, 9.17) is 0 Å². The van der Waals surface area contributed by atoms with E-state index in [0.717, 1.165) is 22.9 Å². The molecule has 0 saturated carbocycles. The number of hydrogen-bond donors (Lipinski definition) is 1. The maximum Gasteiger partial charge on any atom is 0.238 e. The number of amides is 1. The first kappa shape index (κ1) is 17.2. The fourth-order valence-corrected chi connectivity index (χ4v) is 2.69. The van der Waals surface area contributed by atoms with E-state index in [2.05, 4.69) is 11.4 Å². The molecule has 2 rings (SSSR count). The van der Waals surface area contributed by atoms with Crippen LogP contribution < -0.4 is 5.32 Å². The normalized spacial score (nSPS) is 12.7. The number of rotatable bonds is 5. The molecule has 122 valence electrons. The highest BCUT2D eigenvalue weighted by molar-refractivity contribution is 7.92. The first-order valence-corrected chi connectivity index (χ1v) is 9.35. The van der Waals surface area contributed by atoms with E-state index in [1.165, 1.54) is 12.5 Å². The van der Waals surface area contributed by atoms with Gasteiger partial charge in [0.1, 0.15) is 5.25 Å². The molecule has 0 aliphatic rings. The van der Waals surface area contributed by atoms with Crippen LogP contribution in [0.5, 0.6) is 0 Å². The van der Waals surface area contributed by atoms with Gasteiger partial charge < -0.3 is 5.32 Å². The summed E-state index contributed by atoms with van der Waals surface area (Å²) in [6.45, 7) is 3.74. The van der Waals surface area contributed by atoms with Crippen LogP contribution in [0.4, 0.5) is 0 Å². The van der Waals surface area contributed by atoms with E-state index in [1.54, 1.807) is 0 Å². The second kappa shape index (κ2) is 6.96. The van der Waals surface area contributed by atoms with Crippen LogP contribution in [0.15, 0.2) is 48.5 Å². The molecule has 0 aliphatic heterocycles. The Morgan fingerprint density at radius 1 is 1.09 bits per heavy atom.